The molecule has 3 amide bonds. The lowest BCUT2D eigenvalue weighted by Crippen LogP contribution is -2.38. The first-order valence-electron chi connectivity index (χ1n) is 6.24. The van der Waals surface area contributed by atoms with Crippen molar-refractivity contribution >= 4 is 27.9 Å². The Hall–Kier alpha value is -1.47. The number of urea groups is 1. The predicted molar refractivity (Wildman–Crippen MR) is 75.4 cm³/mol. The van der Waals surface area contributed by atoms with Crippen LogP contribution in [-0.4, -0.2) is 29.9 Å². The standard InChI is InChI=1S/C13H15BrFN3O2/c14-10-1-2-11(15)9-7-18(5-3-8(9)10)6-4-12(19)17-13(16)20/h1-2H,3-7H2,(H3,16,17,19,20). The van der Waals surface area contributed by atoms with Gasteiger partial charge in [0, 0.05) is 36.1 Å². The lowest BCUT2D eigenvalue weighted by Gasteiger charge is -2.29. The van der Waals surface area contributed by atoms with Crippen LogP contribution in [-0.2, 0) is 17.8 Å². The van der Waals surface area contributed by atoms with Gasteiger partial charge in [-0.15, -0.1) is 0 Å². The fraction of sp³-hybridized carbons (Fsp3) is 0.385. The molecule has 1 aliphatic rings. The molecule has 5 nitrogen and oxygen atoms in total. The molecule has 1 aliphatic heterocycles. The summed E-state index contributed by atoms with van der Waals surface area (Å²) in [5.41, 5.74) is 6.52. The van der Waals surface area contributed by atoms with E-state index in [1.807, 2.05) is 10.2 Å². The number of rotatable bonds is 3. The number of hydrogen-bond donors (Lipinski definition) is 2. The van der Waals surface area contributed by atoms with Crippen molar-refractivity contribution in [1.82, 2.24) is 10.2 Å². The quantitative estimate of drug-likeness (QED) is 0.873. The summed E-state index contributed by atoms with van der Waals surface area (Å²) >= 11 is 3.42. The van der Waals surface area contributed by atoms with Gasteiger partial charge in [-0.05, 0) is 24.1 Å². The maximum atomic E-state index is 13.8. The molecule has 0 spiro atoms. The molecule has 0 fully saturated rings. The molecule has 1 aromatic rings. The zero-order chi connectivity index (χ0) is 14.7. The van der Waals surface area contributed by atoms with Gasteiger partial charge < -0.3 is 5.73 Å². The van der Waals surface area contributed by atoms with E-state index in [4.69, 9.17) is 5.73 Å². The number of hydrogen-bond acceptors (Lipinski definition) is 3. The van der Waals surface area contributed by atoms with Gasteiger partial charge in [0.15, 0.2) is 0 Å². The number of primary amides is 1. The van der Waals surface area contributed by atoms with E-state index in [0.29, 0.717) is 18.7 Å². The number of nitrogens with one attached hydrogen (secondary N) is 1. The highest BCUT2D eigenvalue weighted by Crippen LogP contribution is 2.28. The van der Waals surface area contributed by atoms with Crippen molar-refractivity contribution < 1.29 is 14.0 Å². The third kappa shape index (κ3) is 3.55. The Kier molecular flexibility index (Phi) is 4.72. The van der Waals surface area contributed by atoms with Gasteiger partial charge >= 0.3 is 6.03 Å². The molecule has 7 heteroatoms. The van der Waals surface area contributed by atoms with Crippen LogP contribution in [0.15, 0.2) is 16.6 Å². The van der Waals surface area contributed by atoms with Gasteiger partial charge in [-0.25, -0.2) is 9.18 Å². The van der Waals surface area contributed by atoms with Crippen LogP contribution in [0.2, 0.25) is 0 Å². The van der Waals surface area contributed by atoms with Crippen molar-refractivity contribution in [3.8, 4) is 0 Å². The number of carbonyl (C=O) groups excluding carboxylic acids is 2. The van der Waals surface area contributed by atoms with E-state index in [-0.39, 0.29) is 12.2 Å². The molecule has 1 aromatic carbocycles. The molecule has 0 radical (unpaired) electrons. The molecule has 20 heavy (non-hydrogen) atoms. The normalized spacial score (nSPS) is 14.7. The molecule has 0 bridgehead atoms. The predicted octanol–water partition coefficient (Wildman–Crippen LogP) is 1.53. The summed E-state index contributed by atoms with van der Waals surface area (Å²) in [6.07, 6.45) is 0.888. The molecule has 1 heterocycles. The van der Waals surface area contributed by atoms with Gasteiger partial charge in [-0.3, -0.25) is 15.0 Å². The molecule has 3 N–H and O–H groups in total. The summed E-state index contributed by atoms with van der Waals surface area (Å²) in [5.74, 6) is -0.646. The van der Waals surface area contributed by atoms with Gasteiger partial charge in [0.1, 0.15) is 5.82 Å². The Labute approximate surface area is 124 Å². The summed E-state index contributed by atoms with van der Waals surface area (Å²) in [5, 5.41) is 2.01. The second-order valence-electron chi connectivity index (χ2n) is 4.67. The summed E-state index contributed by atoms with van der Waals surface area (Å²) < 4.78 is 14.7. The minimum atomic E-state index is -0.853. The van der Waals surface area contributed by atoms with Crippen LogP contribution < -0.4 is 11.1 Å². The number of halogens is 2. The molecule has 0 unspecified atom stereocenters. The first kappa shape index (κ1) is 14.9. The van der Waals surface area contributed by atoms with Crippen molar-refractivity contribution in [2.45, 2.75) is 19.4 Å². The molecular formula is C13H15BrFN3O2. The van der Waals surface area contributed by atoms with Gasteiger partial charge in [0.05, 0.1) is 0 Å². The molecule has 108 valence electrons. The van der Waals surface area contributed by atoms with Crippen LogP contribution in [0.25, 0.3) is 0 Å². The van der Waals surface area contributed by atoms with Crippen molar-refractivity contribution in [3.63, 3.8) is 0 Å². The van der Waals surface area contributed by atoms with Crippen LogP contribution in [0.1, 0.15) is 17.5 Å². The maximum Gasteiger partial charge on any atom is 0.318 e. The zero-order valence-corrected chi connectivity index (χ0v) is 12.4. The van der Waals surface area contributed by atoms with E-state index in [2.05, 4.69) is 15.9 Å². The fourth-order valence-electron chi connectivity index (χ4n) is 2.30. The average molecular weight is 344 g/mol. The van der Waals surface area contributed by atoms with Crippen LogP contribution >= 0.6 is 15.9 Å². The number of fused-ring (bicyclic) bond motifs is 1. The minimum absolute atomic E-state index is 0.161. The van der Waals surface area contributed by atoms with Gasteiger partial charge in [-0.2, -0.15) is 0 Å². The molecule has 0 saturated carbocycles. The molecular weight excluding hydrogens is 329 g/mol. The Balaban J connectivity index is 1.96. The number of carbonyl (C=O) groups is 2. The van der Waals surface area contributed by atoms with E-state index >= 15 is 0 Å². The van der Waals surface area contributed by atoms with E-state index in [0.717, 1.165) is 23.0 Å². The zero-order valence-electron chi connectivity index (χ0n) is 10.8. The van der Waals surface area contributed by atoms with Crippen molar-refractivity contribution in [1.29, 1.82) is 0 Å². The fourth-order valence-corrected chi connectivity index (χ4v) is 2.87. The van der Waals surface area contributed by atoms with Crippen LogP contribution in [0.5, 0.6) is 0 Å². The largest absolute Gasteiger partial charge is 0.351 e. The summed E-state index contributed by atoms with van der Waals surface area (Å²) in [4.78, 5) is 23.9. The topological polar surface area (TPSA) is 75.4 Å². The highest BCUT2D eigenvalue weighted by atomic mass is 79.9. The number of nitrogens with two attached hydrogens (primary N) is 1. The Morgan fingerprint density at radius 3 is 2.85 bits per heavy atom. The van der Waals surface area contributed by atoms with Crippen LogP contribution in [0.3, 0.4) is 0 Å². The molecule has 0 aliphatic carbocycles. The summed E-state index contributed by atoms with van der Waals surface area (Å²) in [6.45, 7) is 1.67. The molecule has 0 saturated heterocycles. The maximum absolute atomic E-state index is 13.8. The SMILES string of the molecule is NC(=O)NC(=O)CCN1CCc2c(Br)ccc(F)c2C1. The van der Waals surface area contributed by atoms with Gasteiger partial charge in [-0.1, -0.05) is 15.9 Å². The minimum Gasteiger partial charge on any atom is -0.351 e. The lowest BCUT2D eigenvalue weighted by molar-refractivity contribution is -0.120. The average Bonchev–Trinajstić information content (AvgIpc) is 2.40. The van der Waals surface area contributed by atoms with Crippen LogP contribution in [0.4, 0.5) is 9.18 Å². The first-order valence-corrected chi connectivity index (χ1v) is 7.04. The molecule has 0 aromatic heterocycles. The van der Waals surface area contributed by atoms with E-state index in [1.165, 1.54) is 6.07 Å². The van der Waals surface area contributed by atoms with Crippen molar-refractivity contribution in [2.75, 3.05) is 13.1 Å². The highest BCUT2D eigenvalue weighted by molar-refractivity contribution is 9.10. The molecule has 0 atom stereocenters. The van der Waals surface area contributed by atoms with Gasteiger partial charge in [0.25, 0.3) is 0 Å². The first-order chi connectivity index (χ1) is 9.47. The second-order valence-corrected chi connectivity index (χ2v) is 5.53. The third-order valence-corrected chi connectivity index (χ3v) is 4.04. The van der Waals surface area contributed by atoms with Crippen molar-refractivity contribution in [2.24, 2.45) is 5.73 Å². The Morgan fingerprint density at radius 1 is 1.40 bits per heavy atom. The van der Waals surface area contributed by atoms with E-state index < -0.39 is 11.9 Å². The smallest absolute Gasteiger partial charge is 0.318 e. The van der Waals surface area contributed by atoms with E-state index in [1.54, 1.807) is 6.07 Å². The molecule has 2 rings (SSSR count). The van der Waals surface area contributed by atoms with Gasteiger partial charge in [0.2, 0.25) is 5.91 Å². The Bertz CT molecular complexity index is 551. The Morgan fingerprint density at radius 2 is 2.15 bits per heavy atom. The monoisotopic (exact) mass is 343 g/mol. The van der Waals surface area contributed by atoms with Crippen molar-refractivity contribution in [3.05, 3.63) is 33.5 Å². The van der Waals surface area contributed by atoms with Crippen LogP contribution in [0, 0.1) is 5.82 Å². The third-order valence-electron chi connectivity index (χ3n) is 3.29. The van der Waals surface area contributed by atoms with E-state index in [9.17, 15) is 14.0 Å². The summed E-state index contributed by atoms with van der Waals surface area (Å²) in [6, 6.07) is 2.30. The number of nitrogens with zero attached hydrogens (tertiary/aromatic N) is 1. The lowest BCUT2D eigenvalue weighted by atomic mass is 9.99. The number of imide groups is 1. The number of benzene rings is 1. The summed E-state index contributed by atoms with van der Waals surface area (Å²) in [7, 11) is 0. The second kappa shape index (κ2) is 6.32. The number of amides is 3. The highest BCUT2D eigenvalue weighted by Gasteiger charge is 2.21.